The van der Waals surface area contributed by atoms with E-state index in [1.807, 2.05) is 0 Å². The van der Waals surface area contributed by atoms with Crippen LogP contribution in [-0.2, 0) is 4.79 Å². The van der Waals surface area contributed by atoms with Crippen molar-refractivity contribution < 1.29 is 14.0 Å². The Hall–Kier alpha value is -1.82. The molecule has 0 atom stereocenters. The van der Waals surface area contributed by atoms with Crippen molar-refractivity contribution in [1.82, 2.24) is 4.90 Å². The van der Waals surface area contributed by atoms with Crippen LogP contribution in [0.25, 0.3) is 0 Å². The number of nitrogens with one attached hydrogen (secondary N) is 1. The maximum atomic E-state index is 13.8. The van der Waals surface area contributed by atoms with Gasteiger partial charge in [0.2, 0.25) is 5.91 Å². The minimum absolute atomic E-state index is 0.0265. The van der Waals surface area contributed by atoms with Gasteiger partial charge in [-0.25, -0.2) is 4.39 Å². The van der Waals surface area contributed by atoms with E-state index < -0.39 is 17.6 Å². The zero-order chi connectivity index (χ0) is 17.9. The number of rotatable bonds is 4. The Kier molecular flexibility index (Phi) is 6.04. The van der Waals surface area contributed by atoms with Gasteiger partial charge in [-0.1, -0.05) is 46.9 Å². The van der Waals surface area contributed by atoms with Gasteiger partial charge in [-0.2, -0.15) is 0 Å². The molecule has 24 heavy (non-hydrogen) atoms. The molecule has 126 valence electrons. The molecule has 0 unspecified atom stereocenters. The van der Waals surface area contributed by atoms with Crippen LogP contribution in [0.5, 0.6) is 0 Å². The van der Waals surface area contributed by atoms with Crippen molar-refractivity contribution in [2.24, 2.45) is 0 Å². The van der Waals surface area contributed by atoms with Gasteiger partial charge in [0, 0.05) is 7.05 Å². The van der Waals surface area contributed by atoms with Crippen LogP contribution in [-0.4, -0.2) is 30.3 Å². The second-order valence-electron chi connectivity index (χ2n) is 4.90. The molecule has 0 aliphatic rings. The third-order valence-electron chi connectivity index (χ3n) is 3.13. The fourth-order valence-corrected chi connectivity index (χ4v) is 2.71. The van der Waals surface area contributed by atoms with E-state index in [2.05, 4.69) is 5.32 Å². The molecule has 0 aromatic heterocycles. The van der Waals surface area contributed by atoms with E-state index in [-0.39, 0.29) is 32.9 Å². The first-order chi connectivity index (χ1) is 11.3. The highest BCUT2D eigenvalue weighted by atomic mass is 35.5. The lowest BCUT2D eigenvalue weighted by molar-refractivity contribution is -0.116. The van der Waals surface area contributed by atoms with E-state index in [1.165, 1.54) is 19.2 Å². The van der Waals surface area contributed by atoms with Crippen molar-refractivity contribution in [2.75, 3.05) is 18.9 Å². The van der Waals surface area contributed by atoms with E-state index in [0.29, 0.717) is 0 Å². The molecule has 0 saturated heterocycles. The van der Waals surface area contributed by atoms with Gasteiger partial charge in [0.05, 0.1) is 32.9 Å². The average molecular weight is 390 g/mol. The van der Waals surface area contributed by atoms with E-state index >= 15 is 0 Å². The molecule has 8 heteroatoms. The summed E-state index contributed by atoms with van der Waals surface area (Å²) in [7, 11) is 1.36. The number of nitrogens with zero attached hydrogens (tertiary/aromatic N) is 1. The standard InChI is InChI=1S/C16H12Cl3FN2O2/c1-22(16(24)14-9(17)4-3-7-12(14)20)8-13(23)21-15-10(18)5-2-6-11(15)19/h2-7H,8H2,1H3,(H,21,23). The van der Waals surface area contributed by atoms with E-state index in [9.17, 15) is 14.0 Å². The minimum Gasteiger partial charge on any atom is -0.332 e. The second kappa shape index (κ2) is 7.83. The van der Waals surface area contributed by atoms with Gasteiger partial charge in [-0.15, -0.1) is 0 Å². The zero-order valence-electron chi connectivity index (χ0n) is 12.4. The number of carbonyl (C=O) groups is 2. The summed E-state index contributed by atoms with van der Waals surface area (Å²) in [5.74, 6) is -2.00. The van der Waals surface area contributed by atoms with Crippen LogP contribution in [0.4, 0.5) is 10.1 Å². The third-order valence-corrected chi connectivity index (χ3v) is 4.08. The molecular weight excluding hydrogens is 378 g/mol. The Balaban J connectivity index is 2.10. The first-order valence-electron chi connectivity index (χ1n) is 6.74. The van der Waals surface area contributed by atoms with Crippen molar-refractivity contribution in [3.05, 3.63) is 62.8 Å². The molecule has 2 aromatic carbocycles. The van der Waals surface area contributed by atoms with Gasteiger partial charge in [0.25, 0.3) is 5.91 Å². The van der Waals surface area contributed by atoms with Crippen LogP contribution in [0.2, 0.25) is 15.1 Å². The first kappa shape index (κ1) is 18.5. The molecule has 4 nitrogen and oxygen atoms in total. The molecule has 0 radical (unpaired) electrons. The Bertz CT molecular complexity index is 758. The summed E-state index contributed by atoms with van der Waals surface area (Å²) in [6.07, 6.45) is 0. The lowest BCUT2D eigenvalue weighted by Gasteiger charge is -2.18. The fraction of sp³-hybridized carbons (Fsp3) is 0.125. The Labute approximate surface area is 153 Å². The maximum Gasteiger partial charge on any atom is 0.258 e. The Morgan fingerprint density at radius 3 is 2.17 bits per heavy atom. The van der Waals surface area contributed by atoms with Crippen molar-refractivity contribution >= 4 is 52.3 Å². The first-order valence-corrected chi connectivity index (χ1v) is 7.88. The molecule has 0 saturated carbocycles. The van der Waals surface area contributed by atoms with Gasteiger partial charge in [0.15, 0.2) is 0 Å². The number of halogens is 4. The number of likely N-dealkylation sites (N-methyl/N-ethyl adjacent to an activating group) is 1. The average Bonchev–Trinajstić information content (AvgIpc) is 2.50. The maximum absolute atomic E-state index is 13.8. The van der Waals surface area contributed by atoms with Gasteiger partial charge in [-0.3, -0.25) is 9.59 Å². The Morgan fingerprint density at radius 1 is 1.04 bits per heavy atom. The summed E-state index contributed by atoms with van der Waals surface area (Å²) in [6, 6.07) is 8.68. The summed E-state index contributed by atoms with van der Waals surface area (Å²) >= 11 is 17.8. The van der Waals surface area contributed by atoms with Crippen molar-refractivity contribution in [3.63, 3.8) is 0 Å². The van der Waals surface area contributed by atoms with Crippen molar-refractivity contribution in [1.29, 1.82) is 0 Å². The highest BCUT2D eigenvalue weighted by Gasteiger charge is 2.21. The van der Waals surface area contributed by atoms with Crippen LogP contribution in [0.3, 0.4) is 0 Å². The number of benzene rings is 2. The van der Waals surface area contributed by atoms with Gasteiger partial charge in [-0.05, 0) is 24.3 Å². The zero-order valence-corrected chi connectivity index (χ0v) is 14.7. The number of hydrogen-bond acceptors (Lipinski definition) is 2. The highest BCUT2D eigenvalue weighted by molar-refractivity contribution is 6.39. The molecule has 0 heterocycles. The predicted octanol–water partition coefficient (Wildman–Crippen LogP) is 4.50. The number of hydrogen-bond donors (Lipinski definition) is 1. The fourth-order valence-electron chi connectivity index (χ4n) is 1.98. The minimum atomic E-state index is -0.756. The summed E-state index contributed by atoms with van der Waals surface area (Å²) < 4.78 is 13.8. The molecule has 2 aromatic rings. The second-order valence-corrected chi connectivity index (χ2v) is 6.12. The molecule has 2 amide bonds. The molecule has 0 aliphatic carbocycles. The lowest BCUT2D eigenvalue weighted by Crippen LogP contribution is -2.35. The number of carbonyl (C=O) groups excluding carboxylic acids is 2. The van der Waals surface area contributed by atoms with Crippen molar-refractivity contribution in [2.45, 2.75) is 0 Å². The Morgan fingerprint density at radius 2 is 1.58 bits per heavy atom. The molecule has 0 spiro atoms. The van der Waals surface area contributed by atoms with Gasteiger partial charge >= 0.3 is 0 Å². The third kappa shape index (κ3) is 4.17. The van der Waals surface area contributed by atoms with Crippen LogP contribution >= 0.6 is 34.8 Å². The van der Waals surface area contributed by atoms with E-state index in [4.69, 9.17) is 34.8 Å². The highest BCUT2D eigenvalue weighted by Crippen LogP contribution is 2.29. The van der Waals surface area contributed by atoms with Crippen LogP contribution < -0.4 is 5.32 Å². The largest absolute Gasteiger partial charge is 0.332 e. The number of para-hydroxylation sites is 1. The topological polar surface area (TPSA) is 49.4 Å². The van der Waals surface area contributed by atoms with E-state index in [0.717, 1.165) is 11.0 Å². The number of anilines is 1. The molecule has 0 bridgehead atoms. The van der Waals surface area contributed by atoms with Gasteiger partial charge < -0.3 is 10.2 Å². The predicted molar refractivity (Wildman–Crippen MR) is 93.5 cm³/mol. The molecular formula is C16H12Cl3FN2O2. The summed E-state index contributed by atoms with van der Waals surface area (Å²) in [6.45, 7) is -0.328. The monoisotopic (exact) mass is 388 g/mol. The molecule has 2 rings (SSSR count). The smallest absolute Gasteiger partial charge is 0.258 e. The molecule has 0 fully saturated rings. The lowest BCUT2D eigenvalue weighted by atomic mass is 10.2. The van der Waals surface area contributed by atoms with Crippen LogP contribution in [0.1, 0.15) is 10.4 Å². The van der Waals surface area contributed by atoms with E-state index in [1.54, 1.807) is 18.2 Å². The SMILES string of the molecule is CN(CC(=O)Nc1c(Cl)cccc1Cl)C(=O)c1c(F)cccc1Cl. The van der Waals surface area contributed by atoms with Gasteiger partial charge in [0.1, 0.15) is 5.82 Å². The normalized spacial score (nSPS) is 10.4. The van der Waals surface area contributed by atoms with Crippen LogP contribution in [0.15, 0.2) is 36.4 Å². The number of amides is 2. The molecule has 0 aliphatic heterocycles. The summed E-state index contributed by atoms with van der Waals surface area (Å²) in [5.41, 5.74) is -0.0409. The molecule has 1 N–H and O–H groups in total. The summed E-state index contributed by atoms with van der Waals surface area (Å²) in [5, 5.41) is 3.03. The summed E-state index contributed by atoms with van der Waals surface area (Å²) in [4.78, 5) is 25.4. The van der Waals surface area contributed by atoms with Crippen LogP contribution in [0, 0.1) is 5.82 Å². The van der Waals surface area contributed by atoms with Crippen molar-refractivity contribution in [3.8, 4) is 0 Å². The quantitative estimate of drug-likeness (QED) is 0.837.